The van der Waals surface area contributed by atoms with Crippen molar-refractivity contribution in [3.8, 4) is 5.69 Å². The van der Waals surface area contributed by atoms with E-state index >= 15 is 0 Å². The molecule has 5 heteroatoms. The number of carboxylic acid groups (broad SMARTS) is 1. The van der Waals surface area contributed by atoms with Crippen LogP contribution in [0.1, 0.15) is 24.3 Å². The molecule has 2 rings (SSSR count). The van der Waals surface area contributed by atoms with Gasteiger partial charge in [-0.05, 0) is 38.1 Å². The highest BCUT2D eigenvalue weighted by Gasteiger charge is 2.08. The van der Waals surface area contributed by atoms with Crippen molar-refractivity contribution in [1.29, 1.82) is 0 Å². The number of carbonyl (C=O) groups is 1. The summed E-state index contributed by atoms with van der Waals surface area (Å²) in [6.07, 6.45) is 3.02. The second-order valence-corrected chi connectivity index (χ2v) is 4.16. The lowest BCUT2D eigenvalue weighted by Gasteiger charge is -2.21. The smallest absolute Gasteiger partial charge is 0.356 e. The number of imidazole rings is 1. The molecule has 1 aromatic heterocycles. The van der Waals surface area contributed by atoms with Gasteiger partial charge in [0.25, 0.3) is 0 Å². The lowest BCUT2D eigenvalue weighted by atomic mass is 10.2. The van der Waals surface area contributed by atoms with Crippen LogP contribution in [0.5, 0.6) is 0 Å². The van der Waals surface area contributed by atoms with Gasteiger partial charge >= 0.3 is 5.97 Å². The lowest BCUT2D eigenvalue weighted by molar-refractivity contribution is 0.0691. The van der Waals surface area contributed by atoms with Crippen LogP contribution in [0.3, 0.4) is 0 Å². The van der Waals surface area contributed by atoms with Crippen LogP contribution in [0, 0.1) is 0 Å². The first kappa shape index (κ1) is 13.1. The second-order valence-electron chi connectivity index (χ2n) is 4.16. The van der Waals surface area contributed by atoms with Crippen molar-refractivity contribution in [1.82, 2.24) is 9.55 Å². The number of hydrogen-bond acceptors (Lipinski definition) is 3. The van der Waals surface area contributed by atoms with E-state index in [4.69, 9.17) is 5.11 Å². The number of benzene rings is 1. The van der Waals surface area contributed by atoms with Gasteiger partial charge in [-0.2, -0.15) is 0 Å². The third-order valence-corrected chi connectivity index (χ3v) is 3.08. The zero-order valence-corrected chi connectivity index (χ0v) is 11.1. The molecule has 19 heavy (non-hydrogen) atoms. The van der Waals surface area contributed by atoms with Crippen molar-refractivity contribution >= 4 is 11.7 Å². The monoisotopic (exact) mass is 259 g/mol. The predicted molar refractivity (Wildman–Crippen MR) is 74.1 cm³/mol. The maximum atomic E-state index is 10.8. The van der Waals surface area contributed by atoms with E-state index in [-0.39, 0.29) is 5.69 Å². The van der Waals surface area contributed by atoms with E-state index < -0.39 is 5.97 Å². The van der Waals surface area contributed by atoms with Gasteiger partial charge in [0, 0.05) is 30.7 Å². The zero-order valence-electron chi connectivity index (χ0n) is 11.1. The van der Waals surface area contributed by atoms with Crippen LogP contribution in [-0.4, -0.2) is 33.7 Å². The third-order valence-electron chi connectivity index (χ3n) is 3.08. The number of anilines is 1. The number of carboxylic acids is 1. The Morgan fingerprint density at radius 3 is 2.37 bits per heavy atom. The summed E-state index contributed by atoms with van der Waals surface area (Å²) >= 11 is 0. The van der Waals surface area contributed by atoms with E-state index in [0.717, 1.165) is 24.5 Å². The topological polar surface area (TPSA) is 58.4 Å². The van der Waals surface area contributed by atoms with Crippen LogP contribution in [0.2, 0.25) is 0 Å². The van der Waals surface area contributed by atoms with Crippen molar-refractivity contribution in [3.05, 3.63) is 42.5 Å². The Morgan fingerprint density at radius 2 is 1.89 bits per heavy atom. The third kappa shape index (κ3) is 2.76. The molecule has 0 amide bonds. The summed E-state index contributed by atoms with van der Waals surface area (Å²) in [6, 6.07) is 7.98. The number of aromatic carboxylic acids is 1. The van der Waals surface area contributed by atoms with Gasteiger partial charge in [0.05, 0.1) is 0 Å². The van der Waals surface area contributed by atoms with Crippen LogP contribution in [-0.2, 0) is 0 Å². The summed E-state index contributed by atoms with van der Waals surface area (Å²) in [7, 11) is 0. The average molecular weight is 259 g/mol. The van der Waals surface area contributed by atoms with Crippen molar-refractivity contribution in [2.75, 3.05) is 18.0 Å². The molecular weight excluding hydrogens is 242 g/mol. The standard InChI is InChI=1S/C14H17N3O2/c1-3-16(4-2)11-5-7-12(8-6-11)17-9-13(14(18)19)15-10-17/h5-10H,3-4H2,1-2H3,(H,18,19). The molecule has 0 aliphatic rings. The highest BCUT2D eigenvalue weighted by atomic mass is 16.4. The normalized spacial score (nSPS) is 10.4. The number of rotatable bonds is 5. The number of nitrogens with zero attached hydrogens (tertiary/aromatic N) is 3. The molecule has 0 aliphatic carbocycles. The minimum absolute atomic E-state index is 0.0489. The Hall–Kier alpha value is -2.30. The molecule has 0 fully saturated rings. The Labute approximate surface area is 112 Å². The highest BCUT2D eigenvalue weighted by Crippen LogP contribution is 2.17. The quantitative estimate of drug-likeness (QED) is 0.895. The summed E-state index contributed by atoms with van der Waals surface area (Å²) in [4.78, 5) is 16.9. The van der Waals surface area contributed by atoms with E-state index in [1.54, 1.807) is 4.57 Å². The Kier molecular flexibility index (Phi) is 3.85. The maximum absolute atomic E-state index is 10.8. The predicted octanol–water partition coefficient (Wildman–Crippen LogP) is 2.42. The van der Waals surface area contributed by atoms with Gasteiger partial charge in [0.2, 0.25) is 0 Å². The van der Waals surface area contributed by atoms with Crippen LogP contribution >= 0.6 is 0 Å². The van der Waals surface area contributed by atoms with E-state index in [0.29, 0.717) is 0 Å². The molecule has 0 saturated heterocycles. The van der Waals surface area contributed by atoms with E-state index in [1.807, 2.05) is 24.3 Å². The molecule has 2 aromatic rings. The SMILES string of the molecule is CCN(CC)c1ccc(-n2cnc(C(=O)O)c2)cc1. The average Bonchev–Trinajstić information content (AvgIpc) is 2.91. The molecule has 1 N–H and O–H groups in total. The van der Waals surface area contributed by atoms with Crippen molar-refractivity contribution in [2.45, 2.75) is 13.8 Å². The molecule has 0 bridgehead atoms. The fourth-order valence-corrected chi connectivity index (χ4v) is 2.00. The molecule has 0 saturated carbocycles. The summed E-state index contributed by atoms with van der Waals surface area (Å²) in [5.74, 6) is -1.02. The van der Waals surface area contributed by atoms with Gasteiger partial charge in [-0.3, -0.25) is 0 Å². The van der Waals surface area contributed by atoms with Crippen LogP contribution in [0.15, 0.2) is 36.8 Å². The van der Waals surface area contributed by atoms with E-state index in [9.17, 15) is 4.79 Å². The molecule has 5 nitrogen and oxygen atoms in total. The molecule has 1 aromatic carbocycles. The zero-order chi connectivity index (χ0) is 13.8. The molecule has 0 radical (unpaired) electrons. The van der Waals surface area contributed by atoms with Gasteiger partial charge in [-0.1, -0.05) is 0 Å². The number of hydrogen-bond donors (Lipinski definition) is 1. The maximum Gasteiger partial charge on any atom is 0.356 e. The molecule has 0 spiro atoms. The second kappa shape index (κ2) is 5.56. The van der Waals surface area contributed by atoms with Gasteiger partial charge < -0.3 is 14.6 Å². The van der Waals surface area contributed by atoms with Gasteiger partial charge in [-0.15, -0.1) is 0 Å². The van der Waals surface area contributed by atoms with Gasteiger partial charge in [0.1, 0.15) is 6.33 Å². The van der Waals surface area contributed by atoms with Crippen molar-refractivity contribution < 1.29 is 9.90 Å². The van der Waals surface area contributed by atoms with Gasteiger partial charge in [0.15, 0.2) is 5.69 Å². The summed E-state index contributed by atoms with van der Waals surface area (Å²) in [5, 5.41) is 8.84. The van der Waals surface area contributed by atoms with Crippen LogP contribution in [0.4, 0.5) is 5.69 Å². The molecule has 100 valence electrons. The minimum atomic E-state index is -1.02. The fourth-order valence-electron chi connectivity index (χ4n) is 2.00. The highest BCUT2D eigenvalue weighted by molar-refractivity contribution is 5.85. The first-order valence-corrected chi connectivity index (χ1v) is 6.28. The van der Waals surface area contributed by atoms with Crippen molar-refractivity contribution in [3.63, 3.8) is 0 Å². The molecule has 1 heterocycles. The molecule has 0 atom stereocenters. The largest absolute Gasteiger partial charge is 0.476 e. The first-order valence-electron chi connectivity index (χ1n) is 6.28. The Bertz CT molecular complexity index is 556. The molecular formula is C14H17N3O2. The van der Waals surface area contributed by atoms with Gasteiger partial charge in [-0.25, -0.2) is 9.78 Å². The van der Waals surface area contributed by atoms with Crippen LogP contribution in [0.25, 0.3) is 5.69 Å². The first-order chi connectivity index (χ1) is 9.15. The summed E-state index contributed by atoms with van der Waals surface area (Å²) in [6.45, 7) is 6.16. The molecule has 0 unspecified atom stereocenters. The minimum Gasteiger partial charge on any atom is -0.476 e. The molecule has 0 aliphatic heterocycles. The Balaban J connectivity index is 2.24. The summed E-state index contributed by atoms with van der Waals surface area (Å²) in [5.41, 5.74) is 2.11. The fraction of sp³-hybridized carbons (Fsp3) is 0.286. The van der Waals surface area contributed by atoms with Crippen LogP contribution < -0.4 is 4.90 Å². The lowest BCUT2D eigenvalue weighted by Crippen LogP contribution is -2.21. The van der Waals surface area contributed by atoms with E-state index in [1.165, 1.54) is 12.5 Å². The number of aromatic nitrogens is 2. The van der Waals surface area contributed by atoms with E-state index in [2.05, 4.69) is 23.7 Å². The Morgan fingerprint density at radius 1 is 1.26 bits per heavy atom. The van der Waals surface area contributed by atoms with Crippen molar-refractivity contribution in [2.24, 2.45) is 0 Å². The summed E-state index contributed by atoms with van der Waals surface area (Å²) < 4.78 is 1.70.